The quantitative estimate of drug-likeness (QED) is 0.920. The fourth-order valence-electron chi connectivity index (χ4n) is 2.28. The second-order valence-corrected chi connectivity index (χ2v) is 7.06. The summed E-state index contributed by atoms with van der Waals surface area (Å²) >= 11 is 0. The lowest BCUT2D eigenvalue weighted by atomic mass is 9.98. The number of carbonyl (C=O) groups is 1. The molecule has 1 saturated heterocycles. The molecule has 0 saturated carbocycles. The molecule has 0 aliphatic carbocycles. The number of hydrogen-bond donors (Lipinski definition) is 1. The van der Waals surface area contributed by atoms with E-state index in [-0.39, 0.29) is 12.2 Å². The molecule has 1 amide bonds. The zero-order valence-corrected chi connectivity index (χ0v) is 12.3. The van der Waals surface area contributed by atoms with Gasteiger partial charge in [-0.1, -0.05) is 0 Å². The second-order valence-electron chi connectivity index (χ2n) is 5.07. The first kappa shape index (κ1) is 15.8. The van der Waals surface area contributed by atoms with Crippen molar-refractivity contribution < 1.29 is 22.0 Å². The van der Waals surface area contributed by atoms with Crippen LogP contribution in [0.15, 0.2) is 18.2 Å². The number of nitrogens with zero attached hydrogens (tertiary/aromatic N) is 1. The summed E-state index contributed by atoms with van der Waals surface area (Å²) in [4.78, 5) is 12.1. The van der Waals surface area contributed by atoms with Gasteiger partial charge in [0.05, 0.1) is 17.9 Å². The number of rotatable bonds is 3. The molecule has 2 rings (SSSR count). The van der Waals surface area contributed by atoms with Crippen molar-refractivity contribution in [2.75, 3.05) is 24.7 Å². The zero-order valence-electron chi connectivity index (χ0n) is 11.5. The van der Waals surface area contributed by atoms with Gasteiger partial charge in [-0.15, -0.1) is 0 Å². The predicted molar refractivity (Wildman–Crippen MR) is 74.1 cm³/mol. The van der Waals surface area contributed by atoms with Crippen LogP contribution in [-0.2, 0) is 14.8 Å². The minimum absolute atomic E-state index is 0.0769. The van der Waals surface area contributed by atoms with Gasteiger partial charge in [0.1, 0.15) is 11.6 Å². The van der Waals surface area contributed by atoms with Crippen LogP contribution < -0.4 is 5.32 Å². The topological polar surface area (TPSA) is 66.5 Å². The Morgan fingerprint density at radius 1 is 1.38 bits per heavy atom. The molecule has 0 spiro atoms. The van der Waals surface area contributed by atoms with Crippen LogP contribution in [0.5, 0.6) is 0 Å². The van der Waals surface area contributed by atoms with Crippen LogP contribution in [0.2, 0.25) is 0 Å². The van der Waals surface area contributed by atoms with Crippen LogP contribution in [0.3, 0.4) is 0 Å². The molecule has 1 atom stereocenters. The molecule has 1 N–H and O–H groups in total. The van der Waals surface area contributed by atoms with Gasteiger partial charge in [0.15, 0.2) is 0 Å². The smallest absolute Gasteiger partial charge is 0.228 e. The molecule has 5 nitrogen and oxygen atoms in total. The number of sulfonamides is 1. The van der Waals surface area contributed by atoms with Crippen molar-refractivity contribution in [1.82, 2.24) is 4.31 Å². The van der Waals surface area contributed by atoms with Crippen molar-refractivity contribution in [1.29, 1.82) is 0 Å². The lowest BCUT2D eigenvalue weighted by molar-refractivity contribution is -0.120. The van der Waals surface area contributed by atoms with Crippen LogP contribution in [0, 0.1) is 17.6 Å². The molecule has 116 valence electrons. The highest BCUT2D eigenvalue weighted by Crippen LogP contribution is 2.22. The molecule has 0 aromatic heterocycles. The molecule has 1 aliphatic rings. The average molecular weight is 318 g/mol. The van der Waals surface area contributed by atoms with Crippen LogP contribution in [0.25, 0.3) is 0 Å². The van der Waals surface area contributed by atoms with Crippen molar-refractivity contribution >= 4 is 21.6 Å². The van der Waals surface area contributed by atoms with E-state index in [1.165, 1.54) is 4.31 Å². The van der Waals surface area contributed by atoms with E-state index >= 15 is 0 Å². The molecule has 1 aromatic carbocycles. The summed E-state index contributed by atoms with van der Waals surface area (Å²) in [6, 6.07) is 2.86. The summed E-state index contributed by atoms with van der Waals surface area (Å²) in [5, 5.41) is 2.38. The maximum absolute atomic E-state index is 13.5. The van der Waals surface area contributed by atoms with Crippen molar-refractivity contribution in [3.8, 4) is 0 Å². The van der Waals surface area contributed by atoms with Crippen molar-refractivity contribution in [3.05, 3.63) is 29.8 Å². The van der Waals surface area contributed by atoms with Gasteiger partial charge in [0.2, 0.25) is 15.9 Å². The maximum atomic E-state index is 13.5. The SMILES string of the molecule is CS(=O)(=O)N1CCC[C@H](C(=O)Nc2ccc(F)cc2F)C1. The van der Waals surface area contributed by atoms with Crippen LogP contribution in [0.1, 0.15) is 12.8 Å². The largest absolute Gasteiger partial charge is 0.323 e. The van der Waals surface area contributed by atoms with Crippen LogP contribution >= 0.6 is 0 Å². The van der Waals surface area contributed by atoms with Gasteiger partial charge in [-0.2, -0.15) is 0 Å². The monoisotopic (exact) mass is 318 g/mol. The van der Waals surface area contributed by atoms with E-state index in [1.54, 1.807) is 0 Å². The number of anilines is 1. The normalized spacial score (nSPS) is 20.2. The van der Waals surface area contributed by atoms with Gasteiger partial charge >= 0.3 is 0 Å². The van der Waals surface area contributed by atoms with Gasteiger partial charge in [0.25, 0.3) is 0 Å². The lowest BCUT2D eigenvalue weighted by Crippen LogP contribution is -2.43. The van der Waals surface area contributed by atoms with E-state index in [0.29, 0.717) is 25.5 Å². The Bertz CT molecular complexity index is 649. The number of nitrogens with one attached hydrogen (secondary N) is 1. The van der Waals surface area contributed by atoms with Crippen LogP contribution in [-0.4, -0.2) is 38.0 Å². The molecule has 0 unspecified atom stereocenters. The fourth-order valence-corrected chi connectivity index (χ4v) is 3.19. The number of carbonyl (C=O) groups excluding carboxylic acids is 1. The Hall–Kier alpha value is -1.54. The lowest BCUT2D eigenvalue weighted by Gasteiger charge is -2.30. The van der Waals surface area contributed by atoms with E-state index in [9.17, 15) is 22.0 Å². The highest BCUT2D eigenvalue weighted by molar-refractivity contribution is 7.88. The van der Waals surface area contributed by atoms with E-state index in [2.05, 4.69) is 5.32 Å². The highest BCUT2D eigenvalue weighted by atomic mass is 32.2. The third-order valence-corrected chi connectivity index (χ3v) is 4.68. The Labute approximate surface area is 122 Å². The van der Waals surface area contributed by atoms with Crippen molar-refractivity contribution in [2.45, 2.75) is 12.8 Å². The minimum Gasteiger partial charge on any atom is -0.323 e. The third-order valence-electron chi connectivity index (χ3n) is 3.41. The number of piperidine rings is 1. The van der Waals surface area contributed by atoms with E-state index in [1.807, 2.05) is 0 Å². The van der Waals surface area contributed by atoms with Gasteiger partial charge in [0, 0.05) is 19.2 Å². The number of hydrogen-bond acceptors (Lipinski definition) is 3. The van der Waals surface area contributed by atoms with Gasteiger partial charge in [-0.3, -0.25) is 4.79 Å². The van der Waals surface area contributed by atoms with Gasteiger partial charge in [-0.05, 0) is 25.0 Å². The predicted octanol–water partition coefficient (Wildman–Crippen LogP) is 1.57. The van der Waals surface area contributed by atoms with Gasteiger partial charge < -0.3 is 5.32 Å². The molecule has 1 fully saturated rings. The second kappa shape index (κ2) is 6.07. The zero-order chi connectivity index (χ0) is 15.6. The third kappa shape index (κ3) is 3.98. The Kier molecular flexibility index (Phi) is 4.58. The molecule has 1 heterocycles. The Morgan fingerprint density at radius 3 is 2.71 bits per heavy atom. The summed E-state index contributed by atoms with van der Waals surface area (Å²) in [6.45, 7) is 0.459. The minimum atomic E-state index is -3.35. The van der Waals surface area contributed by atoms with Gasteiger partial charge in [-0.25, -0.2) is 21.5 Å². The summed E-state index contributed by atoms with van der Waals surface area (Å²) in [5.41, 5.74) is -0.113. The summed E-state index contributed by atoms with van der Waals surface area (Å²) in [7, 11) is -3.35. The average Bonchev–Trinajstić information content (AvgIpc) is 2.41. The number of amides is 1. The summed E-state index contributed by atoms with van der Waals surface area (Å²) in [6.07, 6.45) is 2.19. The molecule has 8 heteroatoms. The molecule has 1 aliphatic heterocycles. The molecular formula is C13H16F2N2O3S. The standard InChI is InChI=1S/C13H16F2N2O3S/c1-21(19,20)17-6-2-3-9(8-17)13(18)16-12-5-4-10(14)7-11(12)15/h4-5,7,9H,2-3,6,8H2,1H3,(H,16,18)/t9-/m0/s1. The molecule has 0 radical (unpaired) electrons. The summed E-state index contributed by atoms with van der Waals surface area (Å²) in [5.74, 6) is -2.60. The number of benzene rings is 1. The van der Waals surface area contributed by atoms with E-state index < -0.39 is 33.5 Å². The van der Waals surface area contributed by atoms with E-state index in [0.717, 1.165) is 18.4 Å². The van der Waals surface area contributed by atoms with E-state index in [4.69, 9.17) is 0 Å². The molecule has 1 aromatic rings. The first-order chi connectivity index (χ1) is 9.77. The molecule has 0 bridgehead atoms. The van der Waals surface area contributed by atoms with Crippen LogP contribution in [0.4, 0.5) is 14.5 Å². The molecular weight excluding hydrogens is 302 g/mol. The maximum Gasteiger partial charge on any atom is 0.228 e. The van der Waals surface area contributed by atoms with Crippen molar-refractivity contribution in [3.63, 3.8) is 0 Å². The first-order valence-corrected chi connectivity index (χ1v) is 8.33. The highest BCUT2D eigenvalue weighted by Gasteiger charge is 2.30. The Balaban J connectivity index is 2.06. The van der Waals surface area contributed by atoms with Crippen molar-refractivity contribution in [2.24, 2.45) is 5.92 Å². The number of halogens is 2. The fraction of sp³-hybridized carbons (Fsp3) is 0.462. The summed E-state index contributed by atoms with van der Waals surface area (Å²) < 4.78 is 50.5. The first-order valence-electron chi connectivity index (χ1n) is 6.48. The molecule has 21 heavy (non-hydrogen) atoms. The Morgan fingerprint density at radius 2 is 2.10 bits per heavy atom.